The van der Waals surface area contributed by atoms with E-state index in [0.29, 0.717) is 0 Å². The van der Waals surface area contributed by atoms with Gasteiger partial charge >= 0.3 is 0 Å². The van der Waals surface area contributed by atoms with Crippen molar-refractivity contribution in [3.05, 3.63) is 0 Å². The van der Waals surface area contributed by atoms with Gasteiger partial charge in [0.2, 0.25) is 0 Å². The molecule has 0 unspecified atom stereocenters. The van der Waals surface area contributed by atoms with Crippen LogP contribution in [0.25, 0.3) is 0 Å². The number of hydrogen-bond acceptors (Lipinski definition) is 3. The van der Waals surface area contributed by atoms with Crippen LogP contribution >= 0.6 is 12.2 Å². The van der Waals surface area contributed by atoms with Gasteiger partial charge in [-0.25, -0.2) is 0 Å². The second kappa shape index (κ2) is 3.27. The fourth-order valence-electron chi connectivity index (χ4n) is 0.421. The Morgan fingerprint density at radius 3 is 2.10 bits per heavy atom. The summed E-state index contributed by atoms with van der Waals surface area (Å²) in [6.07, 6.45) is -1.13. The van der Waals surface area contributed by atoms with E-state index in [-0.39, 0.29) is 6.61 Å². The van der Waals surface area contributed by atoms with E-state index in [1.807, 2.05) is 0 Å². The molecule has 0 aliphatic heterocycles. The van der Waals surface area contributed by atoms with Crippen molar-refractivity contribution < 1.29 is 15.3 Å². The first-order valence-electron chi connectivity index (χ1n) is 2.93. The van der Waals surface area contributed by atoms with Crippen molar-refractivity contribution in [2.75, 3.05) is 6.61 Å². The first-order valence-corrected chi connectivity index (χ1v) is 3.34. The molecule has 3 nitrogen and oxygen atoms in total. The summed E-state index contributed by atoms with van der Waals surface area (Å²) in [5.41, 5.74) is -0.758. The predicted molar refractivity (Wildman–Crippen MR) is 42.1 cm³/mol. The van der Waals surface area contributed by atoms with Crippen molar-refractivity contribution >= 4 is 17.3 Å². The van der Waals surface area contributed by atoms with Gasteiger partial charge in [-0.2, -0.15) is 0 Å². The second-order valence-corrected chi connectivity index (χ2v) is 3.31. The summed E-state index contributed by atoms with van der Waals surface area (Å²) in [4.78, 5) is 0. The normalized spacial score (nSPS) is 14.8. The highest BCUT2D eigenvalue weighted by atomic mass is 32.1. The molecule has 3 N–H and O–H groups in total. The Hall–Kier alpha value is -0.190. The van der Waals surface area contributed by atoms with Crippen molar-refractivity contribution in [2.45, 2.75) is 20.0 Å². The molecule has 0 aliphatic carbocycles. The van der Waals surface area contributed by atoms with E-state index >= 15 is 0 Å². The van der Waals surface area contributed by atoms with E-state index in [2.05, 4.69) is 12.2 Å². The molecular weight excluding hydrogens is 152 g/mol. The van der Waals surface area contributed by atoms with Gasteiger partial charge in [0.05, 0.1) is 6.61 Å². The Labute approximate surface area is 65.3 Å². The van der Waals surface area contributed by atoms with Gasteiger partial charge in [0, 0.05) is 5.41 Å². The Bertz CT molecular complexity index is 133. The molecule has 0 aromatic heterocycles. The van der Waals surface area contributed by atoms with Crippen molar-refractivity contribution in [3.63, 3.8) is 0 Å². The number of hydrogen-bond donors (Lipinski definition) is 3. The van der Waals surface area contributed by atoms with Crippen molar-refractivity contribution in [2.24, 2.45) is 5.41 Å². The Morgan fingerprint density at radius 2 is 2.00 bits per heavy atom. The monoisotopic (exact) mass is 164 g/mol. The highest BCUT2D eigenvalue weighted by Gasteiger charge is 2.30. The van der Waals surface area contributed by atoms with Crippen molar-refractivity contribution in [1.29, 1.82) is 0 Å². The van der Waals surface area contributed by atoms with Crippen LogP contribution in [0.2, 0.25) is 0 Å². The molecule has 1 atom stereocenters. The van der Waals surface area contributed by atoms with Crippen LogP contribution in [0, 0.1) is 5.41 Å². The predicted octanol–water partition coefficient (Wildman–Crippen LogP) is 0.251. The molecule has 0 aliphatic rings. The lowest BCUT2D eigenvalue weighted by atomic mass is 9.88. The fraction of sp³-hybridized carbons (Fsp3) is 0.833. The zero-order valence-electron chi connectivity index (χ0n) is 6.03. The summed E-state index contributed by atoms with van der Waals surface area (Å²) in [5, 5.41) is 26.0. The van der Waals surface area contributed by atoms with Gasteiger partial charge in [-0.3, -0.25) is 0 Å². The van der Waals surface area contributed by atoms with Crippen LogP contribution in [0.15, 0.2) is 0 Å². The van der Waals surface area contributed by atoms with Crippen LogP contribution in [-0.4, -0.2) is 33.1 Å². The molecule has 0 bridgehead atoms. The molecule has 60 valence electrons. The van der Waals surface area contributed by atoms with E-state index in [9.17, 15) is 0 Å². The minimum Gasteiger partial charge on any atom is -0.500 e. The Kier molecular flexibility index (Phi) is 3.21. The molecule has 0 aromatic carbocycles. The summed E-state index contributed by atoms with van der Waals surface area (Å²) >= 11 is 4.33. The van der Waals surface area contributed by atoms with Gasteiger partial charge in [-0.15, -0.1) is 0 Å². The molecular formula is C6H12O3S. The Morgan fingerprint density at radius 1 is 1.60 bits per heavy atom. The van der Waals surface area contributed by atoms with Gasteiger partial charge in [0.15, 0.2) is 5.05 Å². The first-order chi connectivity index (χ1) is 4.41. The lowest BCUT2D eigenvalue weighted by Crippen LogP contribution is -2.38. The highest BCUT2D eigenvalue weighted by molar-refractivity contribution is 7.80. The highest BCUT2D eigenvalue weighted by Crippen LogP contribution is 2.19. The smallest absolute Gasteiger partial charge is 0.186 e. The zero-order chi connectivity index (χ0) is 8.36. The topological polar surface area (TPSA) is 60.7 Å². The Balaban J connectivity index is 4.17. The van der Waals surface area contributed by atoms with Gasteiger partial charge in [-0.1, -0.05) is 13.8 Å². The third-order valence-corrected chi connectivity index (χ3v) is 1.60. The first kappa shape index (κ1) is 9.81. The van der Waals surface area contributed by atoms with Crippen LogP contribution in [0.1, 0.15) is 13.8 Å². The molecule has 0 amide bonds. The van der Waals surface area contributed by atoms with Crippen molar-refractivity contribution in [3.8, 4) is 0 Å². The zero-order valence-corrected chi connectivity index (χ0v) is 6.85. The molecule has 0 fully saturated rings. The summed E-state index contributed by atoms with van der Waals surface area (Å²) in [6.45, 7) is 3.01. The average Bonchev–Trinajstić information content (AvgIpc) is 1.86. The van der Waals surface area contributed by atoms with Crippen LogP contribution in [0.5, 0.6) is 0 Å². The second-order valence-electron chi connectivity index (χ2n) is 2.89. The largest absolute Gasteiger partial charge is 0.500 e. The standard InChI is InChI=1S/C6H12O3S/c1-6(2,3-7)4(8)5(9)10/h4,7-8H,3H2,1-2H3,(H,9,10)/t4-/m0/s1. The maximum absolute atomic E-state index is 9.10. The minimum atomic E-state index is -1.13. The summed E-state index contributed by atoms with van der Waals surface area (Å²) < 4.78 is 0. The van der Waals surface area contributed by atoms with E-state index in [4.69, 9.17) is 15.3 Å². The molecule has 0 radical (unpaired) electrons. The van der Waals surface area contributed by atoms with Gasteiger partial charge in [-0.05, 0) is 12.2 Å². The SMILES string of the molecule is CC(C)(CO)[C@@H](O)C(O)=S. The molecule has 0 saturated heterocycles. The lowest BCUT2D eigenvalue weighted by Gasteiger charge is -2.25. The van der Waals surface area contributed by atoms with E-state index in [1.54, 1.807) is 13.8 Å². The van der Waals surface area contributed by atoms with Crippen LogP contribution in [-0.2, 0) is 0 Å². The van der Waals surface area contributed by atoms with Crippen LogP contribution in [0.4, 0.5) is 0 Å². The van der Waals surface area contributed by atoms with Gasteiger partial charge in [0.25, 0.3) is 0 Å². The van der Waals surface area contributed by atoms with Crippen LogP contribution in [0.3, 0.4) is 0 Å². The number of aliphatic hydroxyl groups excluding tert-OH is 3. The molecule has 0 aromatic rings. The summed E-state index contributed by atoms with van der Waals surface area (Å²) in [5.74, 6) is 0. The average molecular weight is 164 g/mol. The molecule has 0 heterocycles. The number of aliphatic hydroxyl groups is 3. The molecule has 0 rings (SSSR count). The molecule has 4 heteroatoms. The van der Waals surface area contributed by atoms with Gasteiger partial charge < -0.3 is 15.3 Å². The molecule has 0 saturated carbocycles. The summed E-state index contributed by atoms with van der Waals surface area (Å²) in [7, 11) is 0. The lowest BCUT2D eigenvalue weighted by molar-refractivity contribution is 0.0424. The van der Waals surface area contributed by atoms with Crippen LogP contribution < -0.4 is 0 Å². The van der Waals surface area contributed by atoms with Crippen molar-refractivity contribution in [1.82, 2.24) is 0 Å². The van der Waals surface area contributed by atoms with E-state index < -0.39 is 16.6 Å². The quantitative estimate of drug-likeness (QED) is 0.523. The van der Waals surface area contributed by atoms with E-state index in [0.717, 1.165) is 0 Å². The molecule has 10 heavy (non-hydrogen) atoms. The maximum atomic E-state index is 9.10. The van der Waals surface area contributed by atoms with Gasteiger partial charge in [0.1, 0.15) is 6.10 Å². The third kappa shape index (κ3) is 2.21. The maximum Gasteiger partial charge on any atom is 0.186 e. The minimum absolute atomic E-state index is 0.213. The van der Waals surface area contributed by atoms with E-state index in [1.165, 1.54) is 0 Å². The third-order valence-electron chi connectivity index (χ3n) is 1.38. The number of thiocarbonyl (C=S) groups is 1. The molecule has 0 spiro atoms. The fourth-order valence-corrected chi connectivity index (χ4v) is 0.740. The summed E-state index contributed by atoms with van der Waals surface area (Å²) in [6, 6.07) is 0. The number of rotatable bonds is 3.